The van der Waals surface area contributed by atoms with Crippen molar-refractivity contribution in [3.05, 3.63) is 53.0 Å². The van der Waals surface area contributed by atoms with Crippen LogP contribution in [0.15, 0.2) is 34.7 Å². The third-order valence-electron chi connectivity index (χ3n) is 3.42. The van der Waals surface area contributed by atoms with E-state index in [-0.39, 0.29) is 6.04 Å². The molecule has 1 atom stereocenters. The standard InChI is InChI=1S/C16H21NO2/c1-11-9-14(12(2)19-11)15(17-3)10-13-7-5-6-8-16(13)18-4/h5-9,15,17H,10H2,1-4H3. The van der Waals surface area contributed by atoms with Crippen molar-refractivity contribution >= 4 is 0 Å². The van der Waals surface area contributed by atoms with E-state index in [4.69, 9.17) is 9.15 Å². The van der Waals surface area contributed by atoms with Gasteiger partial charge in [-0.2, -0.15) is 0 Å². The van der Waals surface area contributed by atoms with E-state index >= 15 is 0 Å². The van der Waals surface area contributed by atoms with Crippen LogP contribution < -0.4 is 10.1 Å². The highest BCUT2D eigenvalue weighted by molar-refractivity contribution is 5.36. The summed E-state index contributed by atoms with van der Waals surface area (Å²) in [6, 6.07) is 10.5. The average Bonchev–Trinajstić information content (AvgIpc) is 2.75. The first-order valence-corrected chi connectivity index (χ1v) is 6.51. The minimum atomic E-state index is 0.230. The molecule has 102 valence electrons. The molecule has 1 aromatic heterocycles. The van der Waals surface area contributed by atoms with Gasteiger partial charge in [0.2, 0.25) is 0 Å². The van der Waals surface area contributed by atoms with Crippen LogP contribution in [0.1, 0.15) is 28.7 Å². The molecule has 0 amide bonds. The molecule has 0 aliphatic rings. The number of ether oxygens (including phenoxy) is 1. The summed E-state index contributed by atoms with van der Waals surface area (Å²) in [6.07, 6.45) is 0.875. The number of para-hydroxylation sites is 1. The highest BCUT2D eigenvalue weighted by atomic mass is 16.5. The Hall–Kier alpha value is -1.74. The number of likely N-dealkylation sites (N-methyl/N-ethyl adjacent to an activating group) is 1. The number of hydrogen-bond donors (Lipinski definition) is 1. The van der Waals surface area contributed by atoms with Crippen molar-refractivity contribution in [1.29, 1.82) is 0 Å². The van der Waals surface area contributed by atoms with E-state index in [9.17, 15) is 0 Å². The van der Waals surface area contributed by atoms with Crippen LogP contribution in [0.3, 0.4) is 0 Å². The molecule has 0 radical (unpaired) electrons. The molecule has 1 N–H and O–H groups in total. The zero-order chi connectivity index (χ0) is 13.8. The Labute approximate surface area is 114 Å². The summed E-state index contributed by atoms with van der Waals surface area (Å²) in [7, 11) is 3.68. The van der Waals surface area contributed by atoms with Gasteiger partial charge in [-0.1, -0.05) is 18.2 Å². The maximum absolute atomic E-state index is 5.62. The minimum absolute atomic E-state index is 0.230. The fourth-order valence-electron chi connectivity index (χ4n) is 2.46. The molecule has 1 unspecified atom stereocenters. The molecule has 2 rings (SSSR count). The van der Waals surface area contributed by atoms with Gasteiger partial charge in [0.1, 0.15) is 17.3 Å². The highest BCUT2D eigenvalue weighted by Gasteiger charge is 2.17. The number of benzene rings is 1. The largest absolute Gasteiger partial charge is 0.496 e. The SMILES string of the molecule is CNC(Cc1ccccc1OC)c1cc(C)oc1C. The molecule has 1 aromatic carbocycles. The lowest BCUT2D eigenvalue weighted by molar-refractivity contribution is 0.406. The number of methoxy groups -OCH3 is 1. The molecule has 1 heterocycles. The third kappa shape index (κ3) is 2.99. The zero-order valence-corrected chi connectivity index (χ0v) is 12.0. The second-order valence-electron chi connectivity index (χ2n) is 4.73. The van der Waals surface area contributed by atoms with Crippen LogP contribution in [0, 0.1) is 13.8 Å². The highest BCUT2D eigenvalue weighted by Crippen LogP contribution is 2.28. The van der Waals surface area contributed by atoms with Crippen LogP contribution in [-0.2, 0) is 6.42 Å². The van der Waals surface area contributed by atoms with Gasteiger partial charge in [-0.15, -0.1) is 0 Å². The van der Waals surface area contributed by atoms with Crippen molar-refractivity contribution in [2.24, 2.45) is 0 Å². The van der Waals surface area contributed by atoms with E-state index in [1.165, 1.54) is 11.1 Å². The van der Waals surface area contributed by atoms with Gasteiger partial charge in [0.15, 0.2) is 0 Å². The van der Waals surface area contributed by atoms with Gasteiger partial charge in [-0.05, 0) is 45.0 Å². The maximum atomic E-state index is 5.62. The van der Waals surface area contributed by atoms with Crippen LogP contribution in [-0.4, -0.2) is 14.2 Å². The monoisotopic (exact) mass is 259 g/mol. The summed E-state index contributed by atoms with van der Waals surface area (Å²) in [5.41, 5.74) is 2.41. The maximum Gasteiger partial charge on any atom is 0.122 e. The first kappa shape index (κ1) is 13.7. The predicted octanol–water partition coefficient (Wildman–Crippen LogP) is 3.41. The summed E-state index contributed by atoms with van der Waals surface area (Å²) >= 11 is 0. The van der Waals surface area contributed by atoms with Crippen molar-refractivity contribution in [3.63, 3.8) is 0 Å². The molecule has 3 nitrogen and oxygen atoms in total. The van der Waals surface area contributed by atoms with Crippen molar-refractivity contribution < 1.29 is 9.15 Å². The molecule has 0 aliphatic carbocycles. The molecule has 0 saturated heterocycles. The lowest BCUT2D eigenvalue weighted by atomic mass is 9.98. The van der Waals surface area contributed by atoms with Crippen molar-refractivity contribution in [2.75, 3.05) is 14.2 Å². The van der Waals surface area contributed by atoms with Gasteiger partial charge >= 0.3 is 0 Å². The topological polar surface area (TPSA) is 34.4 Å². The lowest BCUT2D eigenvalue weighted by Crippen LogP contribution is -2.19. The van der Waals surface area contributed by atoms with Crippen molar-refractivity contribution in [1.82, 2.24) is 5.32 Å². The lowest BCUT2D eigenvalue weighted by Gasteiger charge is -2.17. The first-order chi connectivity index (χ1) is 9.15. The van der Waals surface area contributed by atoms with Gasteiger partial charge in [-0.25, -0.2) is 0 Å². The number of aryl methyl sites for hydroxylation is 2. The molecule has 0 bridgehead atoms. The van der Waals surface area contributed by atoms with E-state index in [0.717, 1.165) is 23.7 Å². The summed E-state index contributed by atoms with van der Waals surface area (Å²) < 4.78 is 11.0. The van der Waals surface area contributed by atoms with Gasteiger partial charge in [0.05, 0.1) is 7.11 Å². The summed E-state index contributed by atoms with van der Waals surface area (Å²) in [4.78, 5) is 0. The molecule has 19 heavy (non-hydrogen) atoms. The molecule has 0 fully saturated rings. The average molecular weight is 259 g/mol. The molecule has 3 heteroatoms. The third-order valence-corrected chi connectivity index (χ3v) is 3.42. The first-order valence-electron chi connectivity index (χ1n) is 6.51. The number of nitrogens with one attached hydrogen (secondary N) is 1. The van der Waals surface area contributed by atoms with Crippen molar-refractivity contribution in [2.45, 2.75) is 26.3 Å². The van der Waals surface area contributed by atoms with E-state index < -0.39 is 0 Å². The molecule has 0 saturated carbocycles. The van der Waals surface area contributed by atoms with Crippen LogP contribution >= 0.6 is 0 Å². The summed E-state index contributed by atoms with van der Waals surface area (Å²) in [5, 5.41) is 3.36. The molecule has 0 spiro atoms. The Balaban J connectivity index is 2.26. The Morgan fingerprint density at radius 2 is 2.00 bits per heavy atom. The molecular formula is C16H21NO2. The Kier molecular flexibility index (Phi) is 4.27. The zero-order valence-electron chi connectivity index (χ0n) is 12.0. The van der Waals surface area contributed by atoms with Crippen LogP contribution in [0.5, 0.6) is 5.75 Å². The smallest absolute Gasteiger partial charge is 0.122 e. The van der Waals surface area contributed by atoms with Crippen molar-refractivity contribution in [3.8, 4) is 5.75 Å². The Morgan fingerprint density at radius 3 is 2.58 bits per heavy atom. The van der Waals surface area contributed by atoms with Crippen LogP contribution in [0.25, 0.3) is 0 Å². The quantitative estimate of drug-likeness (QED) is 0.893. The van der Waals surface area contributed by atoms with Gasteiger partial charge in [0, 0.05) is 11.6 Å². The Bertz CT molecular complexity index is 545. The fourth-order valence-corrected chi connectivity index (χ4v) is 2.46. The predicted molar refractivity (Wildman–Crippen MR) is 76.7 cm³/mol. The number of hydrogen-bond acceptors (Lipinski definition) is 3. The van der Waals surface area contributed by atoms with Crippen LogP contribution in [0.2, 0.25) is 0 Å². The fraction of sp³-hybridized carbons (Fsp3) is 0.375. The molecule has 2 aromatic rings. The molecular weight excluding hydrogens is 238 g/mol. The summed E-state index contributed by atoms with van der Waals surface area (Å²) in [5.74, 6) is 2.86. The number of rotatable bonds is 5. The van der Waals surface area contributed by atoms with E-state index in [0.29, 0.717) is 0 Å². The van der Waals surface area contributed by atoms with E-state index in [2.05, 4.69) is 17.4 Å². The van der Waals surface area contributed by atoms with Crippen LogP contribution in [0.4, 0.5) is 0 Å². The Morgan fingerprint density at radius 1 is 1.26 bits per heavy atom. The molecule has 0 aliphatic heterocycles. The second-order valence-corrected chi connectivity index (χ2v) is 4.73. The number of furan rings is 1. The van der Waals surface area contributed by atoms with E-state index in [1.54, 1.807) is 7.11 Å². The normalized spacial score (nSPS) is 12.4. The van der Waals surface area contributed by atoms with Gasteiger partial charge in [0.25, 0.3) is 0 Å². The van der Waals surface area contributed by atoms with Gasteiger partial charge in [-0.3, -0.25) is 0 Å². The van der Waals surface area contributed by atoms with E-state index in [1.807, 2.05) is 39.1 Å². The second kappa shape index (κ2) is 5.93. The minimum Gasteiger partial charge on any atom is -0.496 e. The summed E-state index contributed by atoms with van der Waals surface area (Å²) in [6.45, 7) is 3.99. The van der Waals surface area contributed by atoms with Gasteiger partial charge < -0.3 is 14.5 Å².